The van der Waals surface area contributed by atoms with E-state index in [1.54, 1.807) is 44.0 Å². The van der Waals surface area contributed by atoms with Crippen molar-refractivity contribution in [1.82, 2.24) is 24.6 Å². The monoisotopic (exact) mass is 643 g/mol. The molecular formula is C26H36ClFN7O7P. The van der Waals surface area contributed by atoms with E-state index in [2.05, 4.69) is 20.0 Å². The number of aliphatic hydroxyl groups excluding tert-OH is 1. The van der Waals surface area contributed by atoms with E-state index in [0.717, 1.165) is 0 Å². The van der Waals surface area contributed by atoms with Gasteiger partial charge in [0.2, 0.25) is 5.95 Å². The third kappa shape index (κ3) is 7.03. The maximum Gasteiger partial charge on any atom is 0.459 e. The van der Waals surface area contributed by atoms with Gasteiger partial charge in [0.1, 0.15) is 23.5 Å². The molecule has 3 heterocycles. The number of benzene rings is 1. The van der Waals surface area contributed by atoms with E-state index in [1.807, 2.05) is 6.92 Å². The zero-order valence-electron chi connectivity index (χ0n) is 24.4. The quantitative estimate of drug-likeness (QED) is 0.141. The lowest BCUT2D eigenvalue weighted by atomic mass is 9.99. The number of anilines is 2. The van der Waals surface area contributed by atoms with Crippen molar-refractivity contribution in [1.29, 1.82) is 0 Å². The first-order valence-corrected chi connectivity index (χ1v) is 15.7. The normalized spacial score (nSPS) is 24.2. The number of rotatable bonds is 13. The molecule has 1 saturated heterocycles. The summed E-state index contributed by atoms with van der Waals surface area (Å²) >= 11 is 6.25. The number of esters is 1. The van der Waals surface area contributed by atoms with Crippen LogP contribution in [0, 0.1) is 0 Å². The summed E-state index contributed by atoms with van der Waals surface area (Å²) < 4.78 is 53.6. The van der Waals surface area contributed by atoms with Gasteiger partial charge >= 0.3 is 13.7 Å². The molecule has 0 bridgehead atoms. The Labute approximate surface area is 253 Å². The van der Waals surface area contributed by atoms with Crippen molar-refractivity contribution in [3.63, 3.8) is 0 Å². The predicted molar refractivity (Wildman–Crippen MR) is 158 cm³/mol. The lowest BCUT2D eigenvalue weighted by Crippen LogP contribution is -2.48. The second-order valence-electron chi connectivity index (χ2n) is 10.4. The number of alkyl halides is 2. The van der Waals surface area contributed by atoms with Gasteiger partial charge in [-0.2, -0.15) is 15.1 Å². The second-order valence-corrected chi connectivity index (χ2v) is 12.3. The van der Waals surface area contributed by atoms with E-state index < -0.39 is 62.5 Å². The minimum Gasteiger partial charge on any atom is -0.462 e. The third-order valence-electron chi connectivity index (χ3n) is 6.73. The molecule has 1 aliphatic rings. The fraction of sp³-hybridized carbons (Fsp3) is 0.538. The first-order valence-electron chi connectivity index (χ1n) is 13.6. The van der Waals surface area contributed by atoms with E-state index >= 15 is 4.39 Å². The molecule has 14 nitrogen and oxygen atoms in total. The van der Waals surface area contributed by atoms with Crippen LogP contribution >= 0.6 is 19.3 Å². The van der Waals surface area contributed by atoms with Gasteiger partial charge in [-0.1, -0.05) is 18.2 Å². The standard InChI is InChI=1S/C26H36ClFN7O7P/c1-6-34(5)21-19-22(32-25(29)31-21)35(14-30-19)23-18(28)20(36)26(12-27,41-23)13-39-43(38,42-17-10-8-7-9-11-17)33-16(4)24(37)40-15(2)3/h7-11,14-16,18,20,23,36H,6,12-13H2,1-5H3,(H,33,38)(H2,29,31,32)/t16-,18+,20-,23+,26+,43+/m0/s1. The van der Waals surface area contributed by atoms with Crippen LogP contribution in [0.25, 0.3) is 11.2 Å². The molecule has 236 valence electrons. The number of nitrogens with two attached hydrogens (primary N) is 1. The molecule has 2 aromatic heterocycles. The maximum absolute atomic E-state index is 15.8. The van der Waals surface area contributed by atoms with Gasteiger partial charge in [-0.05, 0) is 39.8 Å². The molecule has 0 unspecified atom stereocenters. The number of nitrogens with zero attached hydrogens (tertiary/aromatic N) is 5. The number of imidazole rings is 1. The van der Waals surface area contributed by atoms with Crippen molar-refractivity contribution in [2.45, 2.75) is 63.9 Å². The molecule has 0 amide bonds. The number of halogens is 2. The Hall–Kier alpha value is -3.07. The van der Waals surface area contributed by atoms with Crippen molar-refractivity contribution in [3.05, 3.63) is 36.7 Å². The van der Waals surface area contributed by atoms with Crippen LogP contribution in [0.2, 0.25) is 0 Å². The highest BCUT2D eigenvalue weighted by Crippen LogP contribution is 2.49. The van der Waals surface area contributed by atoms with Crippen molar-refractivity contribution >= 4 is 48.2 Å². The summed E-state index contributed by atoms with van der Waals surface area (Å²) in [4.78, 5) is 27.1. The van der Waals surface area contributed by atoms with Crippen molar-refractivity contribution in [2.75, 3.05) is 36.7 Å². The Kier molecular flexibility index (Phi) is 10.1. The van der Waals surface area contributed by atoms with E-state index in [9.17, 15) is 14.5 Å². The molecule has 1 aromatic carbocycles. The number of aromatic nitrogens is 4. The fourth-order valence-corrected chi connectivity index (χ4v) is 6.19. The minimum absolute atomic E-state index is 0.0689. The number of fused-ring (bicyclic) bond motifs is 1. The van der Waals surface area contributed by atoms with Gasteiger partial charge in [0.15, 0.2) is 29.4 Å². The zero-order chi connectivity index (χ0) is 31.5. The van der Waals surface area contributed by atoms with Crippen LogP contribution < -0.4 is 20.2 Å². The number of ether oxygens (including phenoxy) is 2. The van der Waals surface area contributed by atoms with E-state index in [0.29, 0.717) is 17.9 Å². The second kappa shape index (κ2) is 13.3. The van der Waals surface area contributed by atoms with Gasteiger partial charge in [-0.3, -0.25) is 13.9 Å². The number of nitrogens with one attached hydrogen (secondary N) is 1. The molecule has 0 aliphatic carbocycles. The molecule has 4 rings (SSSR count). The van der Waals surface area contributed by atoms with Crippen LogP contribution in [0.3, 0.4) is 0 Å². The van der Waals surface area contributed by atoms with E-state index in [-0.39, 0.29) is 17.3 Å². The summed E-state index contributed by atoms with van der Waals surface area (Å²) in [5, 5.41) is 13.6. The Morgan fingerprint density at radius 1 is 1.33 bits per heavy atom. The van der Waals surface area contributed by atoms with Gasteiger partial charge in [-0.25, -0.2) is 13.9 Å². The molecule has 43 heavy (non-hydrogen) atoms. The van der Waals surface area contributed by atoms with Crippen LogP contribution in [0.15, 0.2) is 36.7 Å². The van der Waals surface area contributed by atoms with Crippen LogP contribution in [0.5, 0.6) is 5.75 Å². The van der Waals surface area contributed by atoms with Crippen LogP contribution in [0.1, 0.15) is 33.9 Å². The SMILES string of the molecule is CCN(C)c1nc(N)nc2c1ncn2[C@@H]1O[C@](CCl)(CO[P@](=O)(N[C@@H](C)C(=O)OC(C)C)Oc2ccccc2)[C@@H](O)[C@H]1F. The molecule has 1 fully saturated rings. The number of carbonyl (C=O) groups is 1. The van der Waals surface area contributed by atoms with Crippen molar-refractivity contribution in [3.8, 4) is 5.75 Å². The van der Waals surface area contributed by atoms with Gasteiger partial charge in [-0.15, -0.1) is 11.6 Å². The minimum atomic E-state index is -4.38. The molecule has 0 radical (unpaired) electrons. The highest BCUT2D eigenvalue weighted by atomic mass is 35.5. The molecule has 4 N–H and O–H groups in total. The summed E-state index contributed by atoms with van der Waals surface area (Å²) in [7, 11) is -2.59. The van der Waals surface area contributed by atoms with Crippen LogP contribution in [-0.2, 0) is 23.4 Å². The smallest absolute Gasteiger partial charge is 0.459 e. The molecule has 0 spiro atoms. The molecule has 1 aliphatic heterocycles. The average Bonchev–Trinajstić information content (AvgIpc) is 3.49. The van der Waals surface area contributed by atoms with Crippen molar-refractivity contribution in [2.24, 2.45) is 0 Å². The summed E-state index contributed by atoms with van der Waals surface area (Å²) in [6, 6.07) is 6.95. The van der Waals surface area contributed by atoms with Gasteiger partial charge in [0, 0.05) is 13.6 Å². The number of hydrogen-bond acceptors (Lipinski definition) is 12. The summed E-state index contributed by atoms with van der Waals surface area (Å²) in [5.74, 6) is -0.646. The summed E-state index contributed by atoms with van der Waals surface area (Å²) in [6.45, 7) is 6.56. The Morgan fingerprint density at radius 3 is 2.65 bits per heavy atom. The average molecular weight is 644 g/mol. The number of aliphatic hydroxyl groups is 1. The zero-order valence-corrected chi connectivity index (χ0v) is 26.0. The van der Waals surface area contributed by atoms with Gasteiger partial charge in [0.05, 0.1) is 24.9 Å². The topological polar surface area (TPSA) is 176 Å². The third-order valence-corrected chi connectivity index (χ3v) is 8.81. The van der Waals surface area contributed by atoms with E-state index in [1.165, 1.54) is 30.0 Å². The number of para-hydroxylation sites is 1. The largest absolute Gasteiger partial charge is 0.462 e. The van der Waals surface area contributed by atoms with Gasteiger partial charge < -0.3 is 29.7 Å². The van der Waals surface area contributed by atoms with Crippen LogP contribution in [-0.4, -0.2) is 86.7 Å². The lowest BCUT2D eigenvalue weighted by Gasteiger charge is -2.31. The van der Waals surface area contributed by atoms with E-state index in [4.69, 9.17) is 35.9 Å². The Bertz CT molecular complexity index is 1470. The van der Waals surface area contributed by atoms with Crippen molar-refractivity contribution < 1.29 is 37.4 Å². The molecule has 0 saturated carbocycles. The number of hydrogen-bond donors (Lipinski definition) is 3. The fourth-order valence-electron chi connectivity index (χ4n) is 4.35. The predicted octanol–water partition coefficient (Wildman–Crippen LogP) is 3.20. The highest BCUT2D eigenvalue weighted by Gasteiger charge is 2.57. The number of carbonyl (C=O) groups excluding carboxylic acids is 1. The lowest BCUT2D eigenvalue weighted by molar-refractivity contribution is -0.149. The summed E-state index contributed by atoms with van der Waals surface area (Å²) in [5.41, 5.74) is 4.55. The Balaban J connectivity index is 1.62. The highest BCUT2D eigenvalue weighted by molar-refractivity contribution is 7.52. The molecular weight excluding hydrogens is 608 g/mol. The Morgan fingerprint density at radius 2 is 2.02 bits per heavy atom. The number of nitrogen functional groups attached to an aromatic ring is 1. The molecule has 6 atom stereocenters. The molecule has 3 aromatic rings. The summed E-state index contributed by atoms with van der Waals surface area (Å²) in [6.07, 6.45) is -4.46. The van der Waals surface area contributed by atoms with Gasteiger partial charge in [0.25, 0.3) is 0 Å². The first kappa shape index (κ1) is 32.8. The van der Waals surface area contributed by atoms with Crippen LogP contribution in [0.4, 0.5) is 16.2 Å². The maximum atomic E-state index is 15.8. The first-order chi connectivity index (χ1) is 20.3. The molecule has 17 heteroatoms.